The molecule has 10 heteroatoms. The van der Waals surface area contributed by atoms with Crippen LogP contribution in [0.25, 0.3) is 11.3 Å². The Balaban J connectivity index is 1.20. The van der Waals surface area contributed by atoms with Crippen molar-refractivity contribution in [2.45, 2.75) is 75.4 Å². The highest BCUT2D eigenvalue weighted by molar-refractivity contribution is 5.87. The predicted octanol–water partition coefficient (Wildman–Crippen LogP) is 6.05. The molecular formula is C27H26F3N3O4. The quantitative estimate of drug-likeness (QED) is 0.412. The maximum atomic E-state index is 13.7. The molecule has 2 bridgehead atoms. The van der Waals surface area contributed by atoms with Crippen LogP contribution < -0.4 is 4.90 Å². The number of halogens is 3. The van der Waals surface area contributed by atoms with E-state index in [-0.39, 0.29) is 47.5 Å². The molecule has 1 N–H and O–H groups in total. The van der Waals surface area contributed by atoms with Crippen molar-refractivity contribution in [1.82, 2.24) is 10.1 Å². The first-order valence-electron chi connectivity index (χ1n) is 12.5. The van der Waals surface area contributed by atoms with Crippen molar-refractivity contribution in [2.24, 2.45) is 0 Å². The molecule has 4 heterocycles. The Kier molecular flexibility index (Phi) is 5.94. The van der Waals surface area contributed by atoms with E-state index in [9.17, 15) is 18.0 Å². The lowest BCUT2D eigenvalue weighted by atomic mass is 9.98. The van der Waals surface area contributed by atoms with Gasteiger partial charge in [-0.2, -0.15) is 13.2 Å². The van der Waals surface area contributed by atoms with Gasteiger partial charge in [0.25, 0.3) is 0 Å². The highest BCUT2D eigenvalue weighted by Crippen LogP contribution is 2.46. The third-order valence-corrected chi connectivity index (χ3v) is 7.67. The zero-order chi connectivity index (χ0) is 25.7. The Morgan fingerprint density at radius 2 is 1.81 bits per heavy atom. The zero-order valence-electron chi connectivity index (χ0n) is 19.9. The second-order valence-electron chi connectivity index (χ2n) is 10.1. The van der Waals surface area contributed by atoms with Gasteiger partial charge in [0.1, 0.15) is 17.3 Å². The van der Waals surface area contributed by atoms with Crippen molar-refractivity contribution in [3.05, 3.63) is 65.0 Å². The summed E-state index contributed by atoms with van der Waals surface area (Å²) in [6, 6.07) is 9.18. The van der Waals surface area contributed by atoms with Gasteiger partial charge in [-0.1, -0.05) is 23.4 Å². The lowest BCUT2D eigenvalue weighted by Crippen LogP contribution is -2.46. The van der Waals surface area contributed by atoms with Crippen molar-refractivity contribution in [3.63, 3.8) is 0 Å². The Hall–Kier alpha value is -3.40. The molecule has 0 radical (unpaired) electrons. The number of ether oxygens (including phenoxy) is 1. The molecule has 0 amide bonds. The van der Waals surface area contributed by atoms with Crippen molar-refractivity contribution in [1.29, 1.82) is 0 Å². The minimum Gasteiger partial charge on any atom is -0.478 e. The first-order valence-corrected chi connectivity index (χ1v) is 12.5. The van der Waals surface area contributed by atoms with E-state index in [1.165, 1.54) is 18.3 Å². The van der Waals surface area contributed by atoms with Crippen LogP contribution in [0, 0.1) is 0 Å². The van der Waals surface area contributed by atoms with Gasteiger partial charge in [0, 0.05) is 35.3 Å². The minimum atomic E-state index is -4.50. The van der Waals surface area contributed by atoms with E-state index in [0.717, 1.165) is 50.4 Å². The molecule has 1 saturated carbocycles. The number of nitrogens with zero attached hydrogens (tertiary/aromatic N) is 3. The summed E-state index contributed by atoms with van der Waals surface area (Å²) in [6.45, 7) is 0.145. The Morgan fingerprint density at radius 1 is 1.08 bits per heavy atom. The van der Waals surface area contributed by atoms with Gasteiger partial charge < -0.3 is 19.3 Å². The maximum absolute atomic E-state index is 13.7. The summed E-state index contributed by atoms with van der Waals surface area (Å²) in [5.74, 6) is 0.564. The topological polar surface area (TPSA) is 88.7 Å². The van der Waals surface area contributed by atoms with E-state index < -0.39 is 17.7 Å². The zero-order valence-corrected chi connectivity index (χ0v) is 19.9. The second-order valence-corrected chi connectivity index (χ2v) is 10.1. The number of carboxylic acids is 1. The van der Waals surface area contributed by atoms with E-state index >= 15 is 0 Å². The molecule has 2 saturated heterocycles. The molecule has 0 unspecified atom stereocenters. The predicted molar refractivity (Wildman–Crippen MR) is 127 cm³/mol. The normalized spacial score (nSPS) is 23.4. The number of hydrogen-bond acceptors (Lipinski definition) is 6. The van der Waals surface area contributed by atoms with Gasteiger partial charge in [-0.05, 0) is 56.7 Å². The van der Waals surface area contributed by atoms with Crippen LogP contribution in [-0.2, 0) is 17.5 Å². The number of pyridine rings is 1. The Labute approximate surface area is 211 Å². The number of aromatic carboxylic acids is 1. The molecule has 3 aliphatic rings. The molecule has 1 aliphatic carbocycles. The van der Waals surface area contributed by atoms with Crippen LogP contribution in [0.5, 0.6) is 0 Å². The first-order chi connectivity index (χ1) is 17.8. The number of carboxylic acid groups (broad SMARTS) is 1. The minimum absolute atomic E-state index is 0.00928. The number of aromatic nitrogens is 2. The molecule has 2 aliphatic heterocycles. The van der Waals surface area contributed by atoms with Gasteiger partial charge in [0.15, 0.2) is 0 Å². The molecule has 1 aromatic carbocycles. The standard InChI is InChI=1S/C27H26F3N3O4/c28-27(29,30)22-4-2-1-3-20(22)24-21(25(37-32-24)15-5-6-15)14-36-19-11-17-8-9-18(12-19)33(17)23-10-7-16(13-31-23)26(34)35/h1-4,7,10,13,15,17-19H,5-6,8-9,11-12,14H2,(H,34,35)/t17-,18+,19+. The van der Waals surface area contributed by atoms with E-state index in [2.05, 4.69) is 15.0 Å². The number of piperidine rings is 1. The summed E-state index contributed by atoms with van der Waals surface area (Å²) in [5, 5.41) is 13.2. The average molecular weight is 514 g/mol. The Bertz CT molecular complexity index is 1290. The third kappa shape index (κ3) is 4.58. The number of alkyl halides is 3. The first kappa shape index (κ1) is 24.0. The van der Waals surface area contributed by atoms with E-state index in [0.29, 0.717) is 11.3 Å². The number of carbonyl (C=O) groups is 1. The van der Waals surface area contributed by atoms with Crippen LogP contribution >= 0.6 is 0 Å². The summed E-state index contributed by atoms with van der Waals surface area (Å²) in [6.07, 6.45) is 2.17. The fourth-order valence-electron chi connectivity index (χ4n) is 5.78. The van der Waals surface area contributed by atoms with Gasteiger partial charge in [0.2, 0.25) is 0 Å². The smallest absolute Gasteiger partial charge is 0.417 e. The SMILES string of the molecule is O=C(O)c1ccc(N2[C@@H]3CC[C@H]2C[C@@H](OCc2c(-c4ccccc4C(F)(F)F)noc2C2CC2)C3)nc1. The molecular weight excluding hydrogens is 487 g/mol. The van der Waals surface area contributed by atoms with Gasteiger partial charge in [-0.3, -0.25) is 0 Å². The molecule has 194 valence electrons. The number of benzene rings is 1. The fraction of sp³-hybridized carbons (Fsp3) is 0.444. The van der Waals surface area contributed by atoms with Gasteiger partial charge in [-0.25, -0.2) is 9.78 Å². The van der Waals surface area contributed by atoms with Gasteiger partial charge >= 0.3 is 12.1 Å². The summed E-state index contributed by atoms with van der Waals surface area (Å²) >= 11 is 0. The highest BCUT2D eigenvalue weighted by atomic mass is 19.4. The molecule has 0 spiro atoms. The Morgan fingerprint density at radius 3 is 2.43 bits per heavy atom. The third-order valence-electron chi connectivity index (χ3n) is 7.67. The van der Waals surface area contributed by atoms with Crippen molar-refractivity contribution in [2.75, 3.05) is 4.90 Å². The van der Waals surface area contributed by atoms with Crippen LogP contribution in [0.2, 0.25) is 0 Å². The molecule has 2 aromatic heterocycles. The lowest BCUT2D eigenvalue weighted by Gasteiger charge is -2.39. The summed E-state index contributed by atoms with van der Waals surface area (Å²) in [7, 11) is 0. The van der Waals surface area contributed by atoms with Crippen molar-refractivity contribution in [3.8, 4) is 11.3 Å². The van der Waals surface area contributed by atoms with Gasteiger partial charge in [0.05, 0.1) is 23.8 Å². The molecule has 6 rings (SSSR count). The molecule has 7 nitrogen and oxygen atoms in total. The van der Waals surface area contributed by atoms with Crippen LogP contribution in [0.4, 0.5) is 19.0 Å². The van der Waals surface area contributed by atoms with Crippen LogP contribution in [-0.4, -0.2) is 39.4 Å². The van der Waals surface area contributed by atoms with E-state index in [4.69, 9.17) is 14.4 Å². The lowest BCUT2D eigenvalue weighted by molar-refractivity contribution is -0.137. The monoisotopic (exact) mass is 513 g/mol. The summed E-state index contributed by atoms with van der Waals surface area (Å²) in [5.41, 5.74) is 0.241. The van der Waals surface area contributed by atoms with Crippen molar-refractivity contribution >= 4 is 11.8 Å². The second kappa shape index (κ2) is 9.16. The largest absolute Gasteiger partial charge is 0.478 e. The molecule has 3 fully saturated rings. The molecule has 3 atom stereocenters. The van der Waals surface area contributed by atoms with E-state index in [1.807, 2.05) is 0 Å². The summed E-state index contributed by atoms with van der Waals surface area (Å²) in [4.78, 5) is 17.8. The number of rotatable bonds is 7. The number of fused-ring (bicyclic) bond motifs is 2. The van der Waals surface area contributed by atoms with Gasteiger partial charge in [-0.15, -0.1) is 0 Å². The summed E-state index contributed by atoms with van der Waals surface area (Å²) < 4.78 is 53.1. The number of anilines is 1. The number of hydrogen-bond donors (Lipinski definition) is 1. The molecule has 37 heavy (non-hydrogen) atoms. The van der Waals surface area contributed by atoms with Crippen LogP contribution in [0.1, 0.15) is 71.7 Å². The average Bonchev–Trinajstić information content (AvgIpc) is 3.58. The highest BCUT2D eigenvalue weighted by Gasteiger charge is 2.43. The van der Waals surface area contributed by atoms with Crippen molar-refractivity contribution < 1.29 is 32.3 Å². The fourth-order valence-corrected chi connectivity index (χ4v) is 5.78. The van der Waals surface area contributed by atoms with E-state index in [1.54, 1.807) is 18.2 Å². The maximum Gasteiger partial charge on any atom is 0.417 e. The van der Waals surface area contributed by atoms with Crippen LogP contribution in [0.15, 0.2) is 47.1 Å². The molecule has 3 aromatic rings. The van der Waals surface area contributed by atoms with Crippen LogP contribution in [0.3, 0.4) is 0 Å².